The van der Waals surface area contributed by atoms with E-state index in [9.17, 15) is 4.79 Å². The Bertz CT molecular complexity index is 554. The summed E-state index contributed by atoms with van der Waals surface area (Å²) >= 11 is 0. The molecule has 2 rings (SSSR count). The van der Waals surface area contributed by atoms with Crippen LogP contribution in [0.4, 0.5) is 0 Å². The van der Waals surface area contributed by atoms with E-state index in [0.29, 0.717) is 11.5 Å². The van der Waals surface area contributed by atoms with Gasteiger partial charge in [-0.3, -0.25) is 0 Å². The largest absolute Gasteiger partial charge is 0.497 e. The minimum Gasteiger partial charge on any atom is -0.497 e. The van der Waals surface area contributed by atoms with Crippen molar-refractivity contribution in [1.29, 1.82) is 0 Å². The van der Waals surface area contributed by atoms with Crippen molar-refractivity contribution >= 4 is 5.97 Å². The zero-order valence-corrected chi connectivity index (χ0v) is 9.53. The number of carbonyl (C=O) groups is 1. The number of aromatic carboxylic acids is 1. The molecule has 1 aromatic heterocycles. The molecule has 0 amide bonds. The minimum absolute atomic E-state index is 0.00740. The van der Waals surface area contributed by atoms with E-state index in [-0.39, 0.29) is 11.6 Å². The Morgan fingerprint density at radius 1 is 1.22 bits per heavy atom. The zero-order valence-electron chi connectivity index (χ0n) is 9.53. The summed E-state index contributed by atoms with van der Waals surface area (Å²) < 4.78 is 10.4. The second-order valence-corrected chi connectivity index (χ2v) is 3.34. The first-order chi connectivity index (χ1) is 8.69. The second-order valence-electron chi connectivity index (χ2n) is 3.34. The quantitative estimate of drug-likeness (QED) is 0.888. The molecular weight excluding hydrogens is 236 g/mol. The van der Waals surface area contributed by atoms with Gasteiger partial charge >= 0.3 is 12.0 Å². The van der Waals surface area contributed by atoms with E-state index < -0.39 is 5.97 Å². The molecule has 6 heteroatoms. The van der Waals surface area contributed by atoms with E-state index in [0.717, 1.165) is 0 Å². The molecule has 0 radical (unpaired) electrons. The Kier molecular flexibility index (Phi) is 3.38. The summed E-state index contributed by atoms with van der Waals surface area (Å²) in [5.41, 5.74) is 0.00740. The molecule has 0 saturated carbocycles. The number of ether oxygens (including phenoxy) is 2. The van der Waals surface area contributed by atoms with Crippen LogP contribution in [-0.4, -0.2) is 28.2 Å². The zero-order chi connectivity index (χ0) is 13.0. The summed E-state index contributed by atoms with van der Waals surface area (Å²) in [6, 6.07) is 7.01. The lowest BCUT2D eigenvalue weighted by molar-refractivity contribution is 0.0696. The molecule has 0 atom stereocenters. The molecule has 1 N–H and O–H groups in total. The van der Waals surface area contributed by atoms with Crippen LogP contribution in [0.5, 0.6) is 17.5 Å². The van der Waals surface area contributed by atoms with Crippen molar-refractivity contribution in [3.63, 3.8) is 0 Å². The second kappa shape index (κ2) is 5.13. The molecule has 6 nitrogen and oxygen atoms in total. The number of carboxylic acid groups (broad SMARTS) is 1. The standard InChI is InChI=1S/C12H10N2O4/c1-17-9-3-2-4-10(5-9)18-12-13-6-8(7-14-12)11(15)16/h2-7H,1H3,(H,15,16). The SMILES string of the molecule is COc1cccc(Oc2ncc(C(=O)O)cn2)c1. The highest BCUT2D eigenvalue weighted by Gasteiger charge is 2.06. The summed E-state index contributed by atoms with van der Waals surface area (Å²) in [4.78, 5) is 18.2. The molecule has 0 aliphatic rings. The normalized spacial score (nSPS) is 9.83. The van der Waals surface area contributed by atoms with Gasteiger partial charge in [0.15, 0.2) is 0 Å². The monoisotopic (exact) mass is 246 g/mol. The van der Waals surface area contributed by atoms with Crippen molar-refractivity contribution in [1.82, 2.24) is 9.97 Å². The van der Waals surface area contributed by atoms with Gasteiger partial charge in [-0.2, -0.15) is 0 Å². The van der Waals surface area contributed by atoms with Gasteiger partial charge in [0.05, 0.1) is 12.7 Å². The van der Waals surface area contributed by atoms with Crippen molar-refractivity contribution in [2.75, 3.05) is 7.11 Å². The van der Waals surface area contributed by atoms with Gasteiger partial charge < -0.3 is 14.6 Å². The van der Waals surface area contributed by atoms with Gasteiger partial charge in [-0.15, -0.1) is 0 Å². The lowest BCUT2D eigenvalue weighted by Gasteiger charge is -2.05. The molecule has 0 fully saturated rings. The van der Waals surface area contributed by atoms with Crippen LogP contribution in [0.1, 0.15) is 10.4 Å². The Balaban J connectivity index is 2.15. The Morgan fingerprint density at radius 3 is 2.50 bits per heavy atom. The van der Waals surface area contributed by atoms with Gasteiger partial charge in [-0.25, -0.2) is 14.8 Å². The van der Waals surface area contributed by atoms with Crippen LogP contribution < -0.4 is 9.47 Å². The third-order valence-electron chi connectivity index (χ3n) is 2.13. The highest BCUT2D eigenvalue weighted by atomic mass is 16.5. The molecule has 2 aromatic rings. The van der Waals surface area contributed by atoms with Crippen molar-refractivity contribution in [2.45, 2.75) is 0 Å². The molecule has 0 aliphatic heterocycles. The average Bonchev–Trinajstić information content (AvgIpc) is 2.39. The number of nitrogens with zero attached hydrogens (tertiary/aromatic N) is 2. The lowest BCUT2D eigenvalue weighted by Crippen LogP contribution is -1.99. The van der Waals surface area contributed by atoms with Gasteiger partial charge in [0.1, 0.15) is 11.5 Å². The van der Waals surface area contributed by atoms with Crippen LogP contribution in [0.25, 0.3) is 0 Å². The molecular formula is C12H10N2O4. The first kappa shape index (κ1) is 11.8. The number of hydrogen-bond donors (Lipinski definition) is 1. The molecule has 1 heterocycles. The molecule has 0 spiro atoms. The van der Waals surface area contributed by atoms with Crippen LogP contribution in [0, 0.1) is 0 Å². The number of hydrogen-bond acceptors (Lipinski definition) is 5. The summed E-state index contributed by atoms with van der Waals surface area (Å²) in [5.74, 6) is 0.0787. The van der Waals surface area contributed by atoms with Gasteiger partial charge in [-0.05, 0) is 12.1 Å². The molecule has 0 bridgehead atoms. The van der Waals surface area contributed by atoms with Crippen molar-refractivity contribution in [2.24, 2.45) is 0 Å². The fourth-order valence-corrected chi connectivity index (χ4v) is 1.25. The first-order valence-corrected chi connectivity index (χ1v) is 5.06. The number of carboxylic acids is 1. The molecule has 18 heavy (non-hydrogen) atoms. The van der Waals surface area contributed by atoms with Gasteiger partial charge in [-0.1, -0.05) is 6.07 Å². The average molecular weight is 246 g/mol. The molecule has 92 valence electrons. The maximum absolute atomic E-state index is 10.6. The molecule has 1 aromatic carbocycles. The van der Waals surface area contributed by atoms with E-state index in [1.807, 2.05) is 0 Å². The van der Waals surface area contributed by atoms with Crippen LogP contribution >= 0.6 is 0 Å². The van der Waals surface area contributed by atoms with Crippen LogP contribution in [0.15, 0.2) is 36.7 Å². The van der Waals surface area contributed by atoms with E-state index in [4.69, 9.17) is 14.6 Å². The molecule has 0 saturated heterocycles. The van der Waals surface area contributed by atoms with E-state index in [2.05, 4.69) is 9.97 Å². The van der Waals surface area contributed by atoms with E-state index >= 15 is 0 Å². The van der Waals surface area contributed by atoms with Crippen molar-refractivity contribution in [3.8, 4) is 17.5 Å². The fourth-order valence-electron chi connectivity index (χ4n) is 1.25. The van der Waals surface area contributed by atoms with Gasteiger partial charge in [0.25, 0.3) is 0 Å². The smallest absolute Gasteiger partial charge is 0.338 e. The maximum atomic E-state index is 10.6. The Hall–Kier alpha value is -2.63. The third kappa shape index (κ3) is 2.73. The summed E-state index contributed by atoms with van der Waals surface area (Å²) in [6.45, 7) is 0. The molecule has 0 aliphatic carbocycles. The predicted octanol–water partition coefficient (Wildman–Crippen LogP) is 1.98. The first-order valence-electron chi connectivity index (χ1n) is 5.06. The van der Waals surface area contributed by atoms with Crippen LogP contribution in [-0.2, 0) is 0 Å². The number of methoxy groups -OCH3 is 1. The number of aromatic nitrogens is 2. The minimum atomic E-state index is -1.08. The third-order valence-corrected chi connectivity index (χ3v) is 2.13. The summed E-state index contributed by atoms with van der Waals surface area (Å²) in [5, 5.41) is 8.70. The van der Waals surface area contributed by atoms with Gasteiger partial charge in [0.2, 0.25) is 0 Å². The highest BCUT2D eigenvalue weighted by molar-refractivity contribution is 5.86. The summed E-state index contributed by atoms with van der Waals surface area (Å²) in [7, 11) is 1.55. The van der Waals surface area contributed by atoms with Crippen LogP contribution in [0.2, 0.25) is 0 Å². The Labute approximate surface area is 103 Å². The van der Waals surface area contributed by atoms with Crippen LogP contribution in [0.3, 0.4) is 0 Å². The van der Waals surface area contributed by atoms with Crippen molar-refractivity contribution < 1.29 is 19.4 Å². The highest BCUT2D eigenvalue weighted by Crippen LogP contribution is 2.22. The topological polar surface area (TPSA) is 81.5 Å². The predicted molar refractivity (Wildman–Crippen MR) is 62.1 cm³/mol. The lowest BCUT2D eigenvalue weighted by atomic mass is 10.3. The molecule has 0 unspecified atom stereocenters. The van der Waals surface area contributed by atoms with Gasteiger partial charge in [0, 0.05) is 18.5 Å². The Morgan fingerprint density at radius 2 is 1.89 bits per heavy atom. The number of benzene rings is 1. The number of rotatable bonds is 4. The van der Waals surface area contributed by atoms with E-state index in [1.165, 1.54) is 12.4 Å². The maximum Gasteiger partial charge on any atom is 0.338 e. The van der Waals surface area contributed by atoms with Crippen molar-refractivity contribution in [3.05, 3.63) is 42.2 Å². The fraction of sp³-hybridized carbons (Fsp3) is 0.0833. The van der Waals surface area contributed by atoms with E-state index in [1.54, 1.807) is 31.4 Å². The summed E-state index contributed by atoms with van der Waals surface area (Å²) in [6.07, 6.45) is 2.37.